The second kappa shape index (κ2) is 5.62. The molecule has 0 bridgehead atoms. The summed E-state index contributed by atoms with van der Waals surface area (Å²) in [6.45, 7) is 3.36. The molecule has 14 heavy (non-hydrogen) atoms. The van der Waals surface area contributed by atoms with Gasteiger partial charge < -0.3 is 10.6 Å². The number of rotatable bonds is 5. The Hall–Kier alpha value is -1.06. The maximum Gasteiger partial charge on any atom is 0.225 e. The zero-order chi connectivity index (χ0) is 10.4. The Labute approximate surface area is 84.4 Å². The Morgan fingerprint density at radius 1 is 1.57 bits per heavy atom. The van der Waals surface area contributed by atoms with Crippen molar-refractivity contribution in [3.63, 3.8) is 0 Å². The van der Waals surface area contributed by atoms with Gasteiger partial charge in [0.15, 0.2) is 0 Å². The minimum absolute atomic E-state index is 0.0134. The molecule has 1 aliphatic rings. The molecular weight excluding hydrogens is 180 g/mol. The first-order chi connectivity index (χ1) is 6.74. The first kappa shape index (κ1) is 11.0. The molecule has 2 amide bonds. The monoisotopic (exact) mass is 198 g/mol. The number of nitrogens with one attached hydrogen (secondary N) is 2. The van der Waals surface area contributed by atoms with Crippen molar-refractivity contribution in [2.75, 3.05) is 13.1 Å². The molecule has 0 aliphatic carbocycles. The van der Waals surface area contributed by atoms with Gasteiger partial charge in [0.25, 0.3) is 0 Å². The van der Waals surface area contributed by atoms with Crippen LogP contribution in [0.4, 0.5) is 0 Å². The van der Waals surface area contributed by atoms with E-state index in [-0.39, 0.29) is 17.7 Å². The fourth-order valence-corrected chi connectivity index (χ4v) is 1.52. The van der Waals surface area contributed by atoms with Gasteiger partial charge in [0.2, 0.25) is 11.8 Å². The molecule has 1 rings (SSSR count). The second-order valence-corrected chi connectivity index (χ2v) is 3.70. The van der Waals surface area contributed by atoms with Gasteiger partial charge in [-0.05, 0) is 6.42 Å². The van der Waals surface area contributed by atoms with Crippen molar-refractivity contribution in [1.82, 2.24) is 10.6 Å². The highest BCUT2D eigenvalue weighted by Crippen LogP contribution is 2.08. The zero-order valence-corrected chi connectivity index (χ0v) is 8.64. The molecule has 0 spiro atoms. The largest absolute Gasteiger partial charge is 0.356 e. The number of unbranched alkanes of at least 4 members (excludes halogenated alkanes) is 2. The van der Waals surface area contributed by atoms with E-state index in [4.69, 9.17) is 0 Å². The molecule has 1 atom stereocenters. The summed E-state index contributed by atoms with van der Waals surface area (Å²) in [6.07, 6.45) is 3.66. The predicted octanol–water partition coefficient (Wildman–Crippen LogP) is 0.429. The lowest BCUT2D eigenvalue weighted by Crippen LogP contribution is -2.32. The first-order valence-corrected chi connectivity index (χ1v) is 5.28. The van der Waals surface area contributed by atoms with Crippen LogP contribution in [-0.4, -0.2) is 24.9 Å². The Bertz CT molecular complexity index is 216. The van der Waals surface area contributed by atoms with Gasteiger partial charge in [0.1, 0.15) is 0 Å². The molecule has 1 fully saturated rings. The molecule has 4 heteroatoms. The van der Waals surface area contributed by atoms with Gasteiger partial charge in [-0.15, -0.1) is 0 Å². The number of carbonyl (C=O) groups excluding carboxylic acids is 2. The summed E-state index contributed by atoms with van der Waals surface area (Å²) in [5.74, 6) is -0.151. The Balaban J connectivity index is 2.12. The lowest BCUT2D eigenvalue weighted by molar-refractivity contribution is -0.126. The minimum atomic E-state index is -0.149. The van der Waals surface area contributed by atoms with E-state index in [0.29, 0.717) is 13.0 Å². The average Bonchev–Trinajstić information content (AvgIpc) is 2.59. The molecule has 1 aliphatic heterocycles. The number of carbonyl (C=O) groups is 2. The van der Waals surface area contributed by atoms with E-state index < -0.39 is 0 Å². The molecule has 4 nitrogen and oxygen atoms in total. The predicted molar refractivity (Wildman–Crippen MR) is 53.7 cm³/mol. The molecule has 2 N–H and O–H groups in total. The highest BCUT2D eigenvalue weighted by molar-refractivity contribution is 5.89. The van der Waals surface area contributed by atoms with Crippen molar-refractivity contribution in [3.8, 4) is 0 Å². The third-order valence-electron chi connectivity index (χ3n) is 2.43. The Morgan fingerprint density at radius 3 is 2.93 bits per heavy atom. The van der Waals surface area contributed by atoms with Crippen molar-refractivity contribution in [2.24, 2.45) is 5.92 Å². The maximum atomic E-state index is 11.5. The molecule has 1 heterocycles. The SMILES string of the molecule is CCCCCNC(=O)C1CNC(=O)C1. The highest BCUT2D eigenvalue weighted by Gasteiger charge is 2.27. The summed E-state index contributed by atoms with van der Waals surface area (Å²) in [5.41, 5.74) is 0. The average molecular weight is 198 g/mol. The highest BCUT2D eigenvalue weighted by atomic mass is 16.2. The van der Waals surface area contributed by atoms with E-state index in [1.165, 1.54) is 0 Å². The summed E-state index contributed by atoms with van der Waals surface area (Å²) in [5, 5.41) is 5.50. The van der Waals surface area contributed by atoms with Crippen molar-refractivity contribution in [3.05, 3.63) is 0 Å². The van der Waals surface area contributed by atoms with Gasteiger partial charge in [-0.3, -0.25) is 9.59 Å². The van der Waals surface area contributed by atoms with Gasteiger partial charge in [-0.2, -0.15) is 0 Å². The van der Waals surface area contributed by atoms with Crippen LogP contribution in [0.2, 0.25) is 0 Å². The lowest BCUT2D eigenvalue weighted by atomic mass is 10.1. The van der Waals surface area contributed by atoms with E-state index in [1.807, 2.05) is 0 Å². The van der Waals surface area contributed by atoms with E-state index in [9.17, 15) is 9.59 Å². The van der Waals surface area contributed by atoms with Crippen molar-refractivity contribution >= 4 is 11.8 Å². The van der Waals surface area contributed by atoms with E-state index >= 15 is 0 Å². The van der Waals surface area contributed by atoms with Gasteiger partial charge in [-0.25, -0.2) is 0 Å². The van der Waals surface area contributed by atoms with Crippen molar-refractivity contribution in [2.45, 2.75) is 32.6 Å². The summed E-state index contributed by atoms with van der Waals surface area (Å²) >= 11 is 0. The zero-order valence-electron chi connectivity index (χ0n) is 8.64. The van der Waals surface area contributed by atoms with Gasteiger partial charge in [0.05, 0.1) is 5.92 Å². The lowest BCUT2D eigenvalue weighted by Gasteiger charge is -2.08. The topological polar surface area (TPSA) is 58.2 Å². The van der Waals surface area contributed by atoms with Gasteiger partial charge >= 0.3 is 0 Å². The molecule has 0 aromatic carbocycles. The van der Waals surface area contributed by atoms with Crippen LogP contribution >= 0.6 is 0 Å². The number of hydrogen-bond acceptors (Lipinski definition) is 2. The Kier molecular flexibility index (Phi) is 4.43. The number of hydrogen-bond donors (Lipinski definition) is 2. The van der Waals surface area contributed by atoms with E-state index in [2.05, 4.69) is 17.6 Å². The van der Waals surface area contributed by atoms with Crippen LogP contribution in [0.15, 0.2) is 0 Å². The van der Waals surface area contributed by atoms with Crippen LogP contribution in [0, 0.1) is 5.92 Å². The molecule has 0 radical (unpaired) electrons. The van der Waals surface area contributed by atoms with Crippen LogP contribution < -0.4 is 10.6 Å². The first-order valence-electron chi connectivity index (χ1n) is 5.28. The molecule has 1 saturated heterocycles. The Morgan fingerprint density at radius 2 is 2.36 bits per heavy atom. The molecule has 0 aromatic heterocycles. The second-order valence-electron chi connectivity index (χ2n) is 3.70. The van der Waals surface area contributed by atoms with E-state index in [1.54, 1.807) is 0 Å². The smallest absolute Gasteiger partial charge is 0.225 e. The fraction of sp³-hybridized carbons (Fsp3) is 0.800. The summed E-state index contributed by atoms with van der Waals surface area (Å²) in [7, 11) is 0. The van der Waals surface area contributed by atoms with Crippen molar-refractivity contribution in [1.29, 1.82) is 0 Å². The van der Waals surface area contributed by atoms with Crippen LogP contribution in [0.25, 0.3) is 0 Å². The van der Waals surface area contributed by atoms with Crippen LogP contribution in [0.3, 0.4) is 0 Å². The normalized spacial score (nSPS) is 20.6. The molecule has 0 aromatic rings. The quantitative estimate of drug-likeness (QED) is 0.629. The van der Waals surface area contributed by atoms with Gasteiger partial charge in [0, 0.05) is 19.5 Å². The summed E-state index contributed by atoms with van der Waals surface area (Å²) in [4.78, 5) is 22.3. The summed E-state index contributed by atoms with van der Waals surface area (Å²) < 4.78 is 0. The number of amides is 2. The van der Waals surface area contributed by atoms with Gasteiger partial charge in [-0.1, -0.05) is 19.8 Å². The van der Waals surface area contributed by atoms with E-state index in [0.717, 1.165) is 25.8 Å². The molecule has 80 valence electrons. The standard InChI is InChI=1S/C10H18N2O2/c1-2-3-4-5-11-10(14)8-6-9(13)12-7-8/h8H,2-7H2,1H3,(H,11,14)(H,12,13). The third kappa shape index (κ3) is 3.36. The van der Waals surface area contributed by atoms with Crippen LogP contribution in [0.5, 0.6) is 0 Å². The maximum absolute atomic E-state index is 11.5. The van der Waals surface area contributed by atoms with Crippen molar-refractivity contribution < 1.29 is 9.59 Å². The summed E-state index contributed by atoms with van der Waals surface area (Å²) in [6, 6.07) is 0. The molecule has 0 saturated carbocycles. The fourth-order valence-electron chi connectivity index (χ4n) is 1.52. The van der Waals surface area contributed by atoms with Crippen LogP contribution in [0.1, 0.15) is 32.6 Å². The minimum Gasteiger partial charge on any atom is -0.356 e. The van der Waals surface area contributed by atoms with Crippen LogP contribution in [-0.2, 0) is 9.59 Å². The molecule has 1 unspecified atom stereocenters. The third-order valence-corrected chi connectivity index (χ3v) is 2.43. The molecular formula is C10H18N2O2.